The Balaban J connectivity index is 1.36. The van der Waals surface area contributed by atoms with E-state index in [-0.39, 0.29) is 6.03 Å². The van der Waals surface area contributed by atoms with Crippen LogP contribution in [0.1, 0.15) is 18.4 Å². The second-order valence-electron chi connectivity index (χ2n) is 5.87. The molecule has 8 heteroatoms. The van der Waals surface area contributed by atoms with Gasteiger partial charge in [-0.05, 0) is 31.9 Å². The molecule has 7 nitrogen and oxygen atoms in total. The maximum absolute atomic E-state index is 11.7. The van der Waals surface area contributed by atoms with E-state index < -0.39 is 0 Å². The largest absolute Gasteiger partial charge is 0.338 e. The second kappa shape index (κ2) is 7.14. The van der Waals surface area contributed by atoms with Gasteiger partial charge in [0, 0.05) is 38.1 Å². The molecule has 2 aromatic heterocycles. The fourth-order valence-corrected chi connectivity index (χ4v) is 2.62. The van der Waals surface area contributed by atoms with Gasteiger partial charge >= 0.3 is 6.03 Å². The van der Waals surface area contributed by atoms with Gasteiger partial charge in [0.25, 0.3) is 0 Å². The number of rotatable bonds is 7. The third-order valence-electron chi connectivity index (χ3n) is 3.99. The third kappa shape index (κ3) is 4.33. The molecule has 0 spiro atoms. The van der Waals surface area contributed by atoms with Crippen molar-refractivity contribution in [3.05, 3.63) is 29.2 Å². The standard InChI is InChI=1S/C15H21ClN6O/c1-21(12-2-3-12)7-6-18-15(23)17-5-4-11-8-19-14-13(16)9-20-22(14)10-11/h8-10,12H,2-7H2,1H3,(H2,17,18,23). The molecule has 0 aliphatic heterocycles. The van der Waals surface area contributed by atoms with Crippen LogP contribution in [-0.4, -0.2) is 58.3 Å². The predicted octanol–water partition coefficient (Wildman–Crippen LogP) is 1.32. The molecule has 0 radical (unpaired) electrons. The molecular formula is C15H21ClN6O. The molecule has 0 saturated heterocycles. The molecule has 2 heterocycles. The molecular weight excluding hydrogens is 316 g/mol. The summed E-state index contributed by atoms with van der Waals surface area (Å²) in [5.74, 6) is 0. The van der Waals surface area contributed by atoms with Gasteiger partial charge in [0.15, 0.2) is 5.65 Å². The lowest BCUT2D eigenvalue weighted by Crippen LogP contribution is -2.40. The normalized spacial score (nSPS) is 14.4. The number of urea groups is 1. The average molecular weight is 337 g/mol. The molecule has 1 saturated carbocycles. The van der Waals surface area contributed by atoms with Gasteiger partial charge in [-0.15, -0.1) is 0 Å². The van der Waals surface area contributed by atoms with Gasteiger partial charge in [0.05, 0.1) is 6.20 Å². The van der Waals surface area contributed by atoms with Gasteiger partial charge in [0.2, 0.25) is 0 Å². The Morgan fingerprint density at radius 2 is 2.17 bits per heavy atom. The van der Waals surface area contributed by atoms with Crippen molar-refractivity contribution in [2.24, 2.45) is 0 Å². The molecule has 2 N–H and O–H groups in total. The number of nitrogens with one attached hydrogen (secondary N) is 2. The van der Waals surface area contributed by atoms with E-state index in [1.807, 2.05) is 6.20 Å². The van der Waals surface area contributed by atoms with Crippen molar-refractivity contribution >= 4 is 23.3 Å². The van der Waals surface area contributed by atoms with Gasteiger partial charge in [-0.2, -0.15) is 5.10 Å². The summed E-state index contributed by atoms with van der Waals surface area (Å²) in [7, 11) is 2.10. The highest BCUT2D eigenvalue weighted by Crippen LogP contribution is 2.24. The highest BCUT2D eigenvalue weighted by Gasteiger charge is 2.25. The average Bonchev–Trinajstić information content (AvgIpc) is 3.32. The number of carbonyl (C=O) groups is 1. The minimum Gasteiger partial charge on any atom is -0.338 e. The zero-order chi connectivity index (χ0) is 16.2. The van der Waals surface area contributed by atoms with Crippen LogP contribution in [0.2, 0.25) is 5.02 Å². The van der Waals surface area contributed by atoms with E-state index in [1.54, 1.807) is 16.9 Å². The van der Waals surface area contributed by atoms with Crippen molar-refractivity contribution < 1.29 is 4.79 Å². The van der Waals surface area contributed by atoms with Gasteiger partial charge in [0.1, 0.15) is 5.02 Å². The van der Waals surface area contributed by atoms with Crippen molar-refractivity contribution in [3.63, 3.8) is 0 Å². The summed E-state index contributed by atoms with van der Waals surface area (Å²) >= 11 is 5.95. The van der Waals surface area contributed by atoms with Crippen LogP contribution in [-0.2, 0) is 6.42 Å². The second-order valence-corrected chi connectivity index (χ2v) is 6.27. The van der Waals surface area contributed by atoms with Gasteiger partial charge in [-0.3, -0.25) is 0 Å². The van der Waals surface area contributed by atoms with Crippen LogP contribution >= 0.6 is 11.6 Å². The summed E-state index contributed by atoms with van der Waals surface area (Å²) in [6.07, 6.45) is 8.45. The fourth-order valence-electron chi connectivity index (χ4n) is 2.44. The van der Waals surface area contributed by atoms with Crippen LogP contribution in [0.25, 0.3) is 5.65 Å². The van der Waals surface area contributed by atoms with E-state index in [9.17, 15) is 4.79 Å². The molecule has 1 fully saturated rings. The number of carbonyl (C=O) groups excluding carboxylic acids is 1. The van der Waals surface area contributed by atoms with E-state index in [4.69, 9.17) is 11.6 Å². The number of halogens is 1. The summed E-state index contributed by atoms with van der Waals surface area (Å²) in [4.78, 5) is 18.3. The van der Waals surface area contributed by atoms with Crippen LogP contribution in [0, 0.1) is 0 Å². The monoisotopic (exact) mass is 336 g/mol. The number of hydrogen-bond acceptors (Lipinski definition) is 4. The topological polar surface area (TPSA) is 74.6 Å². The minimum atomic E-state index is -0.134. The van der Waals surface area contributed by atoms with Crippen LogP contribution < -0.4 is 10.6 Å². The molecule has 2 aromatic rings. The Morgan fingerprint density at radius 3 is 2.96 bits per heavy atom. The van der Waals surface area contributed by atoms with Crippen molar-refractivity contribution in [1.82, 2.24) is 30.1 Å². The van der Waals surface area contributed by atoms with Crippen molar-refractivity contribution in [2.45, 2.75) is 25.3 Å². The van der Waals surface area contributed by atoms with Crippen LogP contribution in [0.15, 0.2) is 18.6 Å². The summed E-state index contributed by atoms with van der Waals surface area (Å²) in [6.45, 7) is 2.10. The number of aromatic nitrogens is 3. The Bertz CT molecular complexity index is 684. The van der Waals surface area contributed by atoms with E-state index in [1.165, 1.54) is 12.8 Å². The molecule has 1 aliphatic carbocycles. The molecule has 124 valence electrons. The van der Waals surface area contributed by atoms with Gasteiger partial charge in [-0.1, -0.05) is 11.6 Å². The molecule has 3 rings (SSSR count). The first-order valence-corrected chi connectivity index (χ1v) is 8.21. The predicted molar refractivity (Wildman–Crippen MR) is 88.8 cm³/mol. The number of fused-ring (bicyclic) bond motifs is 1. The summed E-state index contributed by atoms with van der Waals surface area (Å²) in [5.41, 5.74) is 1.63. The van der Waals surface area contributed by atoms with Crippen molar-refractivity contribution in [3.8, 4) is 0 Å². The fraction of sp³-hybridized carbons (Fsp3) is 0.533. The van der Waals surface area contributed by atoms with E-state index in [2.05, 4.69) is 32.7 Å². The summed E-state index contributed by atoms with van der Waals surface area (Å²) < 4.78 is 1.64. The Hall–Kier alpha value is -1.86. The first-order chi connectivity index (χ1) is 11.1. The van der Waals surface area contributed by atoms with Crippen LogP contribution in [0.4, 0.5) is 4.79 Å². The Labute approximate surface area is 140 Å². The summed E-state index contributed by atoms with van der Waals surface area (Å²) in [6, 6.07) is 0.587. The number of amides is 2. The van der Waals surface area contributed by atoms with Crippen molar-refractivity contribution in [1.29, 1.82) is 0 Å². The maximum atomic E-state index is 11.7. The summed E-state index contributed by atoms with van der Waals surface area (Å²) in [5, 5.41) is 10.4. The molecule has 0 bridgehead atoms. The Morgan fingerprint density at radius 1 is 1.39 bits per heavy atom. The van der Waals surface area contributed by atoms with Crippen LogP contribution in [0.5, 0.6) is 0 Å². The zero-order valence-corrected chi connectivity index (χ0v) is 13.9. The molecule has 1 aliphatic rings. The van der Waals surface area contributed by atoms with E-state index in [0.717, 1.165) is 18.2 Å². The van der Waals surface area contributed by atoms with E-state index >= 15 is 0 Å². The highest BCUT2D eigenvalue weighted by molar-refractivity contribution is 6.33. The first kappa shape index (κ1) is 16.0. The van der Waals surface area contributed by atoms with Crippen LogP contribution in [0.3, 0.4) is 0 Å². The molecule has 0 unspecified atom stereocenters. The first-order valence-electron chi connectivity index (χ1n) is 7.83. The zero-order valence-electron chi connectivity index (χ0n) is 13.1. The lowest BCUT2D eigenvalue weighted by Gasteiger charge is -2.15. The Kier molecular flexibility index (Phi) is 4.97. The molecule has 2 amide bonds. The third-order valence-corrected chi connectivity index (χ3v) is 4.25. The number of nitrogens with zero attached hydrogens (tertiary/aromatic N) is 4. The molecule has 23 heavy (non-hydrogen) atoms. The number of hydrogen-bond donors (Lipinski definition) is 2. The van der Waals surface area contributed by atoms with E-state index in [0.29, 0.717) is 30.2 Å². The molecule has 0 aromatic carbocycles. The maximum Gasteiger partial charge on any atom is 0.314 e. The van der Waals surface area contributed by atoms with Crippen molar-refractivity contribution in [2.75, 3.05) is 26.7 Å². The minimum absolute atomic E-state index is 0.134. The van der Waals surface area contributed by atoms with Gasteiger partial charge < -0.3 is 15.5 Å². The highest BCUT2D eigenvalue weighted by atomic mass is 35.5. The SMILES string of the molecule is CN(CCNC(=O)NCCc1cnc2c(Cl)cnn2c1)C1CC1. The van der Waals surface area contributed by atoms with Gasteiger partial charge in [-0.25, -0.2) is 14.3 Å². The number of likely N-dealkylation sites (N-methyl/N-ethyl adjacent to an activating group) is 1. The smallest absolute Gasteiger partial charge is 0.314 e. The lowest BCUT2D eigenvalue weighted by molar-refractivity contribution is 0.238. The lowest BCUT2D eigenvalue weighted by atomic mass is 10.2. The quantitative estimate of drug-likeness (QED) is 0.799. The molecule has 0 atom stereocenters.